The lowest BCUT2D eigenvalue weighted by atomic mass is 10.0. The van der Waals surface area contributed by atoms with Crippen molar-refractivity contribution in [2.75, 3.05) is 60.6 Å². The Balaban J connectivity index is 0.000000148. The first-order chi connectivity index (χ1) is 32.0. The molecule has 4 aliphatic rings. The van der Waals surface area contributed by atoms with E-state index in [0.717, 1.165) is 67.3 Å². The third-order valence-corrected chi connectivity index (χ3v) is 12.2. The number of ether oxygens (including phenoxy) is 1. The van der Waals surface area contributed by atoms with Crippen molar-refractivity contribution in [3.63, 3.8) is 0 Å². The summed E-state index contributed by atoms with van der Waals surface area (Å²) in [6.45, 7) is 8.84. The van der Waals surface area contributed by atoms with Crippen molar-refractivity contribution in [2.45, 2.75) is 72.1 Å². The average Bonchev–Trinajstić information content (AvgIpc) is 4.17. The van der Waals surface area contributed by atoms with E-state index in [-0.39, 0.29) is 14.0 Å². The molecular formula is C53H63N11O3. The SMILES string of the molecule is C.CC[C@@H](O)COc1cc(N)nc2cc(C3=CC=NC3)ccc12.C[C@@H](O)CNc1cc(N)nc2cc(C3=CC=NC3)ccc12.C[C@H]1CCC[C@H]1Nc1cc(N)nc2cc(C3=CC=NC3)ccc12. The number of aliphatic imine (C=N–C) groups is 3. The minimum Gasteiger partial charge on any atom is -0.490 e. The third-order valence-electron chi connectivity index (χ3n) is 12.2. The molecule has 0 radical (unpaired) electrons. The number of aromatic nitrogens is 3. The van der Waals surface area contributed by atoms with Crippen molar-refractivity contribution < 1.29 is 14.9 Å². The summed E-state index contributed by atoms with van der Waals surface area (Å²) in [4.78, 5) is 26.0. The van der Waals surface area contributed by atoms with E-state index < -0.39 is 12.2 Å². The summed E-state index contributed by atoms with van der Waals surface area (Å²) in [7, 11) is 0. The van der Waals surface area contributed by atoms with Crippen molar-refractivity contribution in [3.05, 3.63) is 108 Å². The van der Waals surface area contributed by atoms with E-state index in [1.54, 1.807) is 19.1 Å². The second-order valence-corrected chi connectivity index (χ2v) is 17.2. The molecule has 1 saturated carbocycles. The van der Waals surface area contributed by atoms with Crippen LogP contribution < -0.4 is 32.6 Å². The number of nitrogen functional groups attached to an aromatic ring is 3. The predicted molar refractivity (Wildman–Crippen MR) is 282 cm³/mol. The summed E-state index contributed by atoms with van der Waals surface area (Å²) in [6.07, 6.45) is 15.2. The molecule has 10 rings (SSSR count). The fourth-order valence-corrected chi connectivity index (χ4v) is 8.42. The number of hydrogen-bond donors (Lipinski definition) is 7. The lowest BCUT2D eigenvalue weighted by molar-refractivity contribution is 0.105. The second kappa shape index (κ2) is 21.9. The van der Waals surface area contributed by atoms with Gasteiger partial charge >= 0.3 is 0 Å². The molecule has 4 atom stereocenters. The van der Waals surface area contributed by atoms with Crippen LogP contribution in [0.2, 0.25) is 0 Å². The summed E-state index contributed by atoms with van der Waals surface area (Å²) in [6, 6.07) is 24.5. The quantitative estimate of drug-likeness (QED) is 0.0613. The lowest BCUT2D eigenvalue weighted by Gasteiger charge is -2.20. The molecule has 67 heavy (non-hydrogen) atoms. The zero-order valence-corrected chi connectivity index (χ0v) is 37.8. The predicted octanol–water partition coefficient (Wildman–Crippen LogP) is 9.03. The largest absolute Gasteiger partial charge is 0.490 e. The maximum absolute atomic E-state index is 9.66. The van der Waals surface area contributed by atoms with Gasteiger partial charge in [-0.15, -0.1) is 0 Å². The third kappa shape index (κ3) is 11.8. The molecule has 10 N–H and O–H groups in total. The number of benzene rings is 3. The highest BCUT2D eigenvalue weighted by Crippen LogP contribution is 2.34. The average molecular weight is 902 g/mol. The van der Waals surface area contributed by atoms with Gasteiger partial charge in [0.2, 0.25) is 0 Å². The van der Waals surface area contributed by atoms with Crippen LogP contribution in [-0.4, -0.2) is 94.8 Å². The molecule has 348 valence electrons. The van der Waals surface area contributed by atoms with Gasteiger partial charge in [0.25, 0.3) is 0 Å². The molecule has 1 aliphatic carbocycles. The molecule has 3 aromatic heterocycles. The van der Waals surface area contributed by atoms with Crippen LogP contribution in [0.15, 0.2) is 106 Å². The zero-order valence-electron chi connectivity index (χ0n) is 37.8. The number of pyridine rings is 3. The Morgan fingerprint density at radius 3 is 1.60 bits per heavy atom. The van der Waals surface area contributed by atoms with E-state index in [4.69, 9.17) is 21.9 Å². The molecule has 0 spiro atoms. The highest BCUT2D eigenvalue weighted by molar-refractivity contribution is 5.99. The number of nitrogens with two attached hydrogens (primary N) is 3. The van der Waals surface area contributed by atoms with Gasteiger partial charge in [-0.1, -0.05) is 58.0 Å². The van der Waals surface area contributed by atoms with Crippen LogP contribution >= 0.6 is 0 Å². The van der Waals surface area contributed by atoms with Crippen molar-refractivity contribution in [1.29, 1.82) is 0 Å². The molecule has 3 aliphatic heterocycles. The molecule has 14 heteroatoms. The number of nitrogens with zero attached hydrogens (tertiary/aromatic N) is 6. The summed E-state index contributed by atoms with van der Waals surface area (Å²) in [5.41, 5.74) is 29.3. The van der Waals surface area contributed by atoms with Gasteiger partial charge in [-0.3, -0.25) is 15.0 Å². The Labute approximate surface area is 392 Å². The van der Waals surface area contributed by atoms with Gasteiger partial charge in [-0.25, -0.2) is 15.0 Å². The zero-order chi connectivity index (χ0) is 46.2. The molecule has 0 amide bonds. The van der Waals surface area contributed by atoms with Gasteiger partial charge in [0, 0.05) is 77.0 Å². The maximum atomic E-state index is 9.66. The summed E-state index contributed by atoms with van der Waals surface area (Å²) in [5.74, 6) is 2.80. The first kappa shape index (κ1) is 47.8. The Bertz CT molecular complexity index is 2920. The number of rotatable bonds is 12. The smallest absolute Gasteiger partial charge is 0.132 e. The normalized spacial score (nSPS) is 17.8. The van der Waals surface area contributed by atoms with Crippen LogP contribution in [0.25, 0.3) is 49.4 Å². The fraction of sp³-hybridized carbons (Fsp3) is 0.321. The van der Waals surface area contributed by atoms with Gasteiger partial charge < -0.3 is 42.8 Å². The molecule has 0 unspecified atom stereocenters. The second-order valence-electron chi connectivity index (χ2n) is 17.2. The number of fused-ring (bicyclic) bond motifs is 3. The first-order valence-corrected chi connectivity index (χ1v) is 22.7. The standard InChI is InChI=1S/C19H22N4.C17H19N3O2.C16H18N4O.CH4/c1-12-3-2-4-16(12)22-18-10-19(20)23-17-9-13(5-6-15(17)18)14-7-8-21-11-14;1-2-13(21)10-22-16-8-17(18)20-15-7-11(3-4-14(15)16)12-5-6-19-9-12;1-10(21)8-19-14-7-16(17)20-15-6-11(2-3-13(14)15)12-4-5-18-9-12;/h5-10,12,16H,2-4,11H2,1H3,(H3,20,22,23);3-8,13,21H,2,9-10H2,1H3,(H2,18,20);2-7,10,21H,8-9H2,1H3,(H3,17,19,20);1H4/t12-,16+;13-;10-;/m011./s1. The summed E-state index contributed by atoms with van der Waals surface area (Å²) >= 11 is 0. The van der Waals surface area contributed by atoms with Crippen LogP contribution in [0.4, 0.5) is 28.8 Å². The van der Waals surface area contributed by atoms with Crippen LogP contribution in [0, 0.1) is 5.92 Å². The molecule has 1 fully saturated rings. The Morgan fingerprint density at radius 1 is 0.657 bits per heavy atom. The number of aliphatic hydroxyl groups is 2. The number of hydrogen-bond acceptors (Lipinski definition) is 14. The van der Waals surface area contributed by atoms with Crippen LogP contribution in [0.1, 0.15) is 70.6 Å². The Kier molecular flexibility index (Phi) is 15.6. The minimum atomic E-state index is -0.482. The maximum Gasteiger partial charge on any atom is 0.132 e. The topological polar surface area (TPSA) is 228 Å². The van der Waals surface area contributed by atoms with Gasteiger partial charge in [-0.2, -0.15) is 0 Å². The van der Waals surface area contributed by atoms with E-state index >= 15 is 0 Å². The number of anilines is 5. The van der Waals surface area contributed by atoms with Gasteiger partial charge in [0.15, 0.2) is 0 Å². The monoisotopic (exact) mass is 902 g/mol. The number of nitrogens with one attached hydrogen (secondary N) is 2. The molecule has 0 saturated heterocycles. The highest BCUT2D eigenvalue weighted by atomic mass is 16.5. The van der Waals surface area contributed by atoms with Crippen molar-refractivity contribution in [1.82, 2.24) is 15.0 Å². The summed E-state index contributed by atoms with van der Waals surface area (Å²) < 4.78 is 5.71. The van der Waals surface area contributed by atoms with Crippen LogP contribution in [-0.2, 0) is 0 Å². The Hall–Kier alpha value is -7.16. The molecule has 0 bridgehead atoms. The van der Waals surface area contributed by atoms with E-state index in [1.807, 2.05) is 74.1 Å². The van der Waals surface area contributed by atoms with E-state index in [2.05, 4.69) is 77.8 Å². The van der Waals surface area contributed by atoms with Gasteiger partial charge in [0.1, 0.15) is 29.8 Å². The van der Waals surface area contributed by atoms with Gasteiger partial charge in [-0.05, 0) is 108 Å². The first-order valence-electron chi connectivity index (χ1n) is 22.7. The molecule has 6 aromatic rings. The molecular weight excluding hydrogens is 839 g/mol. The van der Waals surface area contributed by atoms with Crippen LogP contribution in [0.5, 0.6) is 5.75 Å². The van der Waals surface area contributed by atoms with Crippen molar-refractivity contribution in [2.24, 2.45) is 20.9 Å². The van der Waals surface area contributed by atoms with Crippen molar-refractivity contribution in [3.8, 4) is 5.75 Å². The van der Waals surface area contributed by atoms with E-state index in [0.29, 0.717) is 61.2 Å². The fourth-order valence-electron chi connectivity index (χ4n) is 8.42. The van der Waals surface area contributed by atoms with Gasteiger partial charge in [0.05, 0.1) is 48.4 Å². The summed E-state index contributed by atoms with van der Waals surface area (Å²) in [5, 5.41) is 29.0. The highest BCUT2D eigenvalue weighted by Gasteiger charge is 2.24. The lowest BCUT2D eigenvalue weighted by Crippen LogP contribution is -2.22. The molecule has 3 aromatic carbocycles. The Morgan fingerprint density at radius 2 is 1.13 bits per heavy atom. The molecule has 14 nitrogen and oxygen atoms in total. The number of allylic oxidation sites excluding steroid dienone is 3. The van der Waals surface area contributed by atoms with Crippen LogP contribution in [0.3, 0.4) is 0 Å². The van der Waals surface area contributed by atoms with E-state index in [1.165, 1.54) is 36.0 Å². The minimum absolute atomic E-state index is 0. The molecule has 6 heterocycles. The number of aliphatic hydroxyl groups excluding tert-OH is 2. The van der Waals surface area contributed by atoms with E-state index in [9.17, 15) is 10.2 Å². The van der Waals surface area contributed by atoms with Crippen molar-refractivity contribution >= 4 is 96.9 Å².